The summed E-state index contributed by atoms with van der Waals surface area (Å²) in [6.07, 6.45) is 0.191. The first kappa shape index (κ1) is 15.0. The zero-order valence-electron chi connectivity index (χ0n) is 11.1. The predicted octanol–water partition coefficient (Wildman–Crippen LogP) is 0.982. The van der Waals surface area contributed by atoms with Crippen LogP contribution in [0.2, 0.25) is 0 Å². The Bertz CT molecular complexity index is 581. The lowest BCUT2D eigenvalue weighted by atomic mass is 10.1. The van der Waals surface area contributed by atoms with Gasteiger partial charge in [-0.15, -0.1) is 0 Å². The van der Waals surface area contributed by atoms with Crippen LogP contribution in [0.25, 0.3) is 0 Å². The maximum atomic E-state index is 12.1. The van der Waals surface area contributed by atoms with Gasteiger partial charge in [-0.25, -0.2) is 17.9 Å². The van der Waals surface area contributed by atoms with E-state index < -0.39 is 21.2 Å². The van der Waals surface area contributed by atoms with E-state index in [1.54, 1.807) is 19.1 Å². The Morgan fingerprint density at radius 2 is 2.05 bits per heavy atom. The lowest BCUT2D eigenvalue weighted by Gasteiger charge is -2.15. The summed E-state index contributed by atoms with van der Waals surface area (Å²) in [6, 6.07) is 6.10. The minimum atomic E-state index is -3.43. The first-order chi connectivity index (χ1) is 9.40. The lowest BCUT2D eigenvalue weighted by molar-refractivity contribution is 0.0697. The first-order valence-electron chi connectivity index (χ1n) is 6.32. The molecule has 0 radical (unpaired) electrons. The van der Waals surface area contributed by atoms with Crippen molar-refractivity contribution in [2.75, 3.05) is 6.61 Å². The number of sulfonamides is 1. The molecule has 1 fully saturated rings. The van der Waals surface area contributed by atoms with Crippen LogP contribution in [0.4, 0.5) is 0 Å². The van der Waals surface area contributed by atoms with Gasteiger partial charge in [0.1, 0.15) is 5.25 Å². The molecule has 0 aromatic heterocycles. The van der Waals surface area contributed by atoms with E-state index in [-0.39, 0.29) is 18.2 Å². The second-order valence-electron chi connectivity index (χ2n) is 4.77. The smallest absolute Gasteiger partial charge is 0.335 e. The largest absolute Gasteiger partial charge is 0.478 e. The number of aromatic carboxylic acids is 1. The maximum Gasteiger partial charge on any atom is 0.335 e. The molecule has 1 aromatic rings. The van der Waals surface area contributed by atoms with Gasteiger partial charge in [0.15, 0.2) is 0 Å². The van der Waals surface area contributed by atoms with Crippen molar-refractivity contribution in [2.45, 2.75) is 31.2 Å². The Labute approximate surface area is 117 Å². The molecule has 7 heteroatoms. The molecular weight excluding hydrogens is 282 g/mol. The lowest BCUT2D eigenvalue weighted by Crippen LogP contribution is -2.37. The van der Waals surface area contributed by atoms with Gasteiger partial charge in [0.25, 0.3) is 0 Å². The van der Waals surface area contributed by atoms with Gasteiger partial charge >= 0.3 is 5.97 Å². The molecule has 0 spiro atoms. The highest BCUT2D eigenvalue weighted by molar-refractivity contribution is 7.90. The van der Waals surface area contributed by atoms with E-state index in [9.17, 15) is 13.2 Å². The number of nitrogens with one attached hydrogen (secondary N) is 1. The molecule has 20 heavy (non-hydrogen) atoms. The van der Waals surface area contributed by atoms with Crippen molar-refractivity contribution in [2.24, 2.45) is 0 Å². The minimum Gasteiger partial charge on any atom is -0.478 e. The molecule has 1 aliphatic heterocycles. The average Bonchev–Trinajstić information content (AvgIpc) is 2.84. The molecule has 1 heterocycles. The van der Waals surface area contributed by atoms with Crippen LogP contribution in [-0.2, 0) is 21.3 Å². The summed E-state index contributed by atoms with van der Waals surface area (Å²) in [5.41, 5.74) is 0.888. The average molecular weight is 299 g/mol. The van der Waals surface area contributed by atoms with E-state index in [1.807, 2.05) is 0 Å². The van der Waals surface area contributed by atoms with E-state index in [4.69, 9.17) is 9.84 Å². The van der Waals surface area contributed by atoms with Crippen LogP contribution in [0.1, 0.15) is 29.3 Å². The summed E-state index contributed by atoms with van der Waals surface area (Å²) >= 11 is 0. The first-order valence-corrected chi connectivity index (χ1v) is 7.87. The summed E-state index contributed by atoms with van der Waals surface area (Å²) in [6.45, 7) is 2.35. The van der Waals surface area contributed by atoms with Crippen LogP contribution >= 0.6 is 0 Å². The predicted molar refractivity (Wildman–Crippen MR) is 73.0 cm³/mol. The van der Waals surface area contributed by atoms with Crippen molar-refractivity contribution in [1.82, 2.24) is 4.72 Å². The molecule has 110 valence electrons. The Morgan fingerprint density at radius 1 is 1.40 bits per heavy atom. The van der Waals surface area contributed by atoms with E-state index in [2.05, 4.69) is 4.72 Å². The Hall–Kier alpha value is -1.44. The molecule has 2 N–H and O–H groups in total. The highest BCUT2D eigenvalue weighted by atomic mass is 32.2. The van der Waals surface area contributed by atoms with Gasteiger partial charge in [0, 0.05) is 13.2 Å². The van der Waals surface area contributed by atoms with Crippen molar-refractivity contribution < 1.29 is 23.1 Å². The summed E-state index contributed by atoms with van der Waals surface area (Å²) in [4.78, 5) is 10.7. The van der Waals surface area contributed by atoms with Crippen molar-refractivity contribution >= 4 is 16.0 Å². The van der Waals surface area contributed by atoms with Gasteiger partial charge in [-0.05, 0) is 31.0 Å². The molecule has 2 atom stereocenters. The third-order valence-corrected chi connectivity index (χ3v) is 5.35. The van der Waals surface area contributed by atoms with Gasteiger partial charge in [-0.1, -0.05) is 12.1 Å². The molecular formula is C13H17NO5S. The van der Waals surface area contributed by atoms with Crippen LogP contribution in [0.15, 0.2) is 24.3 Å². The molecule has 1 aliphatic rings. The monoisotopic (exact) mass is 299 g/mol. The topological polar surface area (TPSA) is 92.7 Å². The van der Waals surface area contributed by atoms with Crippen LogP contribution < -0.4 is 4.72 Å². The van der Waals surface area contributed by atoms with E-state index in [1.165, 1.54) is 12.1 Å². The molecule has 1 aromatic carbocycles. The number of ether oxygens (including phenoxy) is 1. The Balaban J connectivity index is 1.99. The summed E-state index contributed by atoms with van der Waals surface area (Å²) < 4.78 is 32.0. The van der Waals surface area contributed by atoms with E-state index in [0.717, 1.165) is 0 Å². The molecule has 0 amide bonds. The number of carbonyl (C=O) groups is 1. The van der Waals surface area contributed by atoms with Gasteiger partial charge in [-0.2, -0.15) is 0 Å². The van der Waals surface area contributed by atoms with E-state index >= 15 is 0 Å². The normalized spacial score (nSPS) is 22.9. The molecule has 1 saturated heterocycles. The molecule has 6 nitrogen and oxygen atoms in total. The number of rotatable bonds is 5. The Kier molecular flexibility index (Phi) is 4.42. The minimum absolute atomic E-state index is 0.144. The van der Waals surface area contributed by atoms with Gasteiger partial charge in [-0.3, -0.25) is 0 Å². The van der Waals surface area contributed by atoms with Gasteiger partial charge in [0.05, 0.1) is 11.7 Å². The van der Waals surface area contributed by atoms with Gasteiger partial charge in [0.2, 0.25) is 10.0 Å². The highest BCUT2D eigenvalue weighted by Crippen LogP contribution is 2.20. The molecule has 0 saturated carbocycles. The standard InChI is InChI=1S/C13H17NO5S/c1-9-12(6-7-19-9)20(17,18)14-8-10-2-4-11(5-3-10)13(15)16/h2-5,9,12,14H,6-8H2,1H3,(H,15,16). The fourth-order valence-electron chi connectivity index (χ4n) is 2.18. The molecule has 0 aliphatic carbocycles. The van der Waals surface area contributed by atoms with Crippen molar-refractivity contribution in [1.29, 1.82) is 0 Å². The maximum absolute atomic E-state index is 12.1. The van der Waals surface area contributed by atoms with Crippen molar-refractivity contribution in [3.63, 3.8) is 0 Å². The molecule has 0 bridgehead atoms. The van der Waals surface area contributed by atoms with Crippen molar-refractivity contribution in [3.8, 4) is 0 Å². The second-order valence-corrected chi connectivity index (χ2v) is 6.76. The molecule has 2 unspecified atom stereocenters. The summed E-state index contributed by atoms with van der Waals surface area (Å²) in [5, 5.41) is 8.26. The van der Waals surface area contributed by atoms with Crippen LogP contribution in [-0.4, -0.2) is 37.5 Å². The van der Waals surface area contributed by atoms with Crippen LogP contribution in [0.5, 0.6) is 0 Å². The third kappa shape index (κ3) is 3.36. The fourth-order valence-corrected chi connectivity index (χ4v) is 3.75. The number of benzene rings is 1. The summed E-state index contributed by atoms with van der Waals surface area (Å²) in [7, 11) is -3.43. The second kappa shape index (κ2) is 5.90. The number of carboxylic acids is 1. The Morgan fingerprint density at radius 3 is 2.55 bits per heavy atom. The van der Waals surface area contributed by atoms with E-state index in [0.29, 0.717) is 18.6 Å². The zero-order chi connectivity index (χ0) is 14.8. The van der Waals surface area contributed by atoms with Crippen LogP contribution in [0.3, 0.4) is 0 Å². The number of hydrogen-bond acceptors (Lipinski definition) is 4. The summed E-state index contributed by atoms with van der Waals surface area (Å²) in [5.74, 6) is -1.01. The zero-order valence-corrected chi connectivity index (χ0v) is 11.9. The third-order valence-electron chi connectivity index (χ3n) is 3.38. The quantitative estimate of drug-likeness (QED) is 0.845. The fraction of sp³-hybridized carbons (Fsp3) is 0.462. The highest BCUT2D eigenvalue weighted by Gasteiger charge is 2.35. The van der Waals surface area contributed by atoms with Gasteiger partial charge < -0.3 is 9.84 Å². The molecule has 2 rings (SSSR count). The number of hydrogen-bond donors (Lipinski definition) is 2. The van der Waals surface area contributed by atoms with Crippen molar-refractivity contribution in [3.05, 3.63) is 35.4 Å². The SMILES string of the molecule is CC1OCCC1S(=O)(=O)NCc1ccc(C(=O)O)cc1. The number of carboxylic acid groups (broad SMARTS) is 1. The van der Waals surface area contributed by atoms with Crippen LogP contribution in [0, 0.1) is 0 Å².